The monoisotopic (exact) mass is 247 g/mol. The zero-order valence-electron chi connectivity index (χ0n) is 9.72. The van der Waals surface area contributed by atoms with Gasteiger partial charge in [0.2, 0.25) is 0 Å². The molecule has 1 aliphatic carbocycles. The van der Waals surface area contributed by atoms with Crippen molar-refractivity contribution in [2.75, 3.05) is 6.54 Å². The van der Waals surface area contributed by atoms with Crippen LogP contribution in [0.25, 0.3) is 0 Å². The predicted molar refractivity (Wildman–Crippen MR) is 64.7 cm³/mol. The van der Waals surface area contributed by atoms with Crippen molar-refractivity contribution in [1.82, 2.24) is 0 Å². The van der Waals surface area contributed by atoms with Crippen LogP contribution in [-0.4, -0.2) is 32.3 Å². The molecular weight excluding hydrogens is 226 g/mol. The number of carbonyl (C=O) groups is 1. The van der Waals surface area contributed by atoms with Crippen LogP contribution >= 0.6 is 0 Å². The van der Waals surface area contributed by atoms with Gasteiger partial charge in [0.25, 0.3) is 0 Å². The Morgan fingerprint density at radius 3 is 2.75 bits per heavy atom. The first-order valence-corrected chi connectivity index (χ1v) is 7.16. The molecule has 0 heterocycles. The van der Waals surface area contributed by atoms with E-state index in [4.69, 9.17) is 10.8 Å². The number of aliphatic carboxylic acids is 1. The smallest absolute Gasteiger partial charge is 0.319 e. The van der Waals surface area contributed by atoms with Gasteiger partial charge in [-0.15, -0.1) is 0 Å². The minimum absolute atomic E-state index is 0.0522. The first-order chi connectivity index (χ1) is 7.56. The summed E-state index contributed by atoms with van der Waals surface area (Å²) in [5, 5.41) is 8.30. The van der Waals surface area contributed by atoms with E-state index in [1.165, 1.54) is 6.42 Å². The molecule has 4 atom stereocenters. The van der Waals surface area contributed by atoms with Gasteiger partial charge in [-0.25, -0.2) is 0 Å². The van der Waals surface area contributed by atoms with Gasteiger partial charge >= 0.3 is 5.97 Å². The van der Waals surface area contributed by atoms with Gasteiger partial charge in [-0.3, -0.25) is 9.00 Å². The highest BCUT2D eigenvalue weighted by molar-refractivity contribution is 7.87. The molecule has 1 aliphatic rings. The van der Waals surface area contributed by atoms with Crippen LogP contribution in [0.5, 0.6) is 0 Å². The molecule has 5 heteroatoms. The van der Waals surface area contributed by atoms with Crippen molar-refractivity contribution < 1.29 is 14.1 Å². The van der Waals surface area contributed by atoms with E-state index in [2.05, 4.69) is 6.92 Å². The lowest BCUT2D eigenvalue weighted by Gasteiger charge is -2.28. The van der Waals surface area contributed by atoms with Crippen LogP contribution in [0.2, 0.25) is 0 Å². The third-order valence-corrected chi connectivity index (χ3v) is 5.28. The molecule has 0 radical (unpaired) electrons. The van der Waals surface area contributed by atoms with E-state index in [0.29, 0.717) is 12.3 Å². The highest BCUT2D eigenvalue weighted by Crippen LogP contribution is 2.28. The van der Waals surface area contributed by atoms with Gasteiger partial charge in [0, 0.05) is 16.0 Å². The zero-order valence-corrected chi connectivity index (χ0v) is 10.5. The second-order valence-corrected chi connectivity index (χ2v) is 6.52. The van der Waals surface area contributed by atoms with Gasteiger partial charge in [-0.1, -0.05) is 19.8 Å². The lowest BCUT2D eigenvalue weighted by molar-refractivity contribution is -0.136. The predicted octanol–water partition coefficient (Wildman–Crippen LogP) is 1.12. The van der Waals surface area contributed by atoms with Crippen LogP contribution in [0.1, 0.15) is 39.0 Å². The van der Waals surface area contributed by atoms with Crippen molar-refractivity contribution in [1.29, 1.82) is 0 Å². The maximum Gasteiger partial charge on any atom is 0.319 e. The molecule has 0 aromatic heterocycles. The normalized spacial score (nSPS) is 29.6. The minimum Gasteiger partial charge on any atom is -0.480 e. The van der Waals surface area contributed by atoms with Gasteiger partial charge < -0.3 is 10.8 Å². The Hall–Kier alpha value is -0.420. The number of carboxylic acids is 1. The Morgan fingerprint density at radius 2 is 2.25 bits per heavy atom. The lowest BCUT2D eigenvalue weighted by Crippen LogP contribution is -2.36. The third kappa shape index (κ3) is 3.56. The van der Waals surface area contributed by atoms with Crippen LogP contribution < -0.4 is 5.73 Å². The summed E-state index contributed by atoms with van der Waals surface area (Å²) in [6.45, 7) is 2.42. The number of hydrogen-bond acceptors (Lipinski definition) is 3. The van der Waals surface area contributed by atoms with Crippen LogP contribution in [0, 0.1) is 5.92 Å². The zero-order chi connectivity index (χ0) is 12.1. The average molecular weight is 247 g/mol. The van der Waals surface area contributed by atoms with Gasteiger partial charge in [-0.05, 0) is 31.7 Å². The molecule has 3 N–H and O–H groups in total. The molecule has 0 aromatic rings. The summed E-state index contributed by atoms with van der Waals surface area (Å²) in [6.07, 6.45) is 4.33. The fourth-order valence-corrected chi connectivity index (χ4v) is 4.26. The SMILES string of the molecule is CC1CCCC(S(=O)C(CCN)C(=O)O)C1. The molecule has 0 aromatic carbocycles. The van der Waals surface area contributed by atoms with Gasteiger partial charge in [0.05, 0.1) is 0 Å². The minimum atomic E-state index is -1.27. The average Bonchev–Trinajstić information content (AvgIpc) is 2.24. The van der Waals surface area contributed by atoms with Gasteiger partial charge in [0.15, 0.2) is 0 Å². The van der Waals surface area contributed by atoms with Crippen molar-refractivity contribution in [2.24, 2.45) is 11.7 Å². The van der Waals surface area contributed by atoms with Crippen molar-refractivity contribution in [3.63, 3.8) is 0 Å². The summed E-state index contributed by atoms with van der Waals surface area (Å²) >= 11 is 0. The molecule has 4 unspecified atom stereocenters. The largest absolute Gasteiger partial charge is 0.480 e. The summed E-state index contributed by atoms with van der Waals surface area (Å²) in [5.74, 6) is -0.406. The first kappa shape index (κ1) is 13.6. The molecule has 4 nitrogen and oxygen atoms in total. The highest BCUT2D eigenvalue weighted by Gasteiger charge is 2.32. The second-order valence-electron chi connectivity index (χ2n) is 4.63. The van der Waals surface area contributed by atoms with Crippen LogP contribution in [0.15, 0.2) is 0 Å². The molecule has 94 valence electrons. The van der Waals surface area contributed by atoms with Crippen molar-refractivity contribution >= 4 is 16.8 Å². The van der Waals surface area contributed by atoms with Crippen molar-refractivity contribution in [2.45, 2.75) is 49.5 Å². The maximum atomic E-state index is 12.1. The number of hydrogen-bond donors (Lipinski definition) is 2. The molecule has 0 bridgehead atoms. The molecular formula is C11H21NO3S. The Bertz CT molecular complexity index is 270. The van der Waals surface area contributed by atoms with E-state index in [1.807, 2.05) is 0 Å². The second kappa shape index (κ2) is 6.35. The van der Waals surface area contributed by atoms with Crippen LogP contribution in [0.4, 0.5) is 0 Å². The van der Waals surface area contributed by atoms with E-state index < -0.39 is 22.0 Å². The van der Waals surface area contributed by atoms with E-state index >= 15 is 0 Å². The molecule has 1 saturated carbocycles. The molecule has 16 heavy (non-hydrogen) atoms. The Morgan fingerprint density at radius 1 is 1.56 bits per heavy atom. The Balaban J connectivity index is 2.62. The quantitative estimate of drug-likeness (QED) is 0.762. The summed E-state index contributed by atoms with van der Waals surface area (Å²) in [4.78, 5) is 11.0. The van der Waals surface area contributed by atoms with Crippen molar-refractivity contribution in [3.8, 4) is 0 Å². The fraction of sp³-hybridized carbons (Fsp3) is 0.909. The number of nitrogens with two attached hydrogens (primary N) is 1. The van der Waals surface area contributed by atoms with Crippen LogP contribution in [0.3, 0.4) is 0 Å². The molecule has 0 saturated heterocycles. The standard InChI is InChI=1S/C11H21NO3S/c1-8-3-2-4-9(7-8)16(15)10(5-6-12)11(13)14/h8-10H,2-7,12H2,1H3,(H,13,14). The summed E-state index contributed by atoms with van der Waals surface area (Å²) in [6, 6.07) is 0. The van der Waals surface area contributed by atoms with E-state index in [-0.39, 0.29) is 11.8 Å². The molecule has 0 amide bonds. The maximum absolute atomic E-state index is 12.1. The number of rotatable bonds is 5. The fourth-order valence-electron chi connectivity index (χ4n) is 2.31. The topological polar surface area (TPSA) is 80.4 Å². The van der Waals surface area contributed by atoms with Crippen LogP contribution in [-0.2, 0) is 15.6 Å². The molecule has 0 spiro atoms. The van der Waals surface area contributed by atoms with E-state index in [9.17, 15) is 9.00 Å². The molecule has 1 fully saturated rings. The summed E-state index contributed by atoms with van der Waals surface area (Å²) in [7, 11) is -1.27. The van der Waals surface area contributed by atoms with Gasteiger partial charge in [-0.2, -0.15) is 0 Å². The van der Waals surface area contributed by atoms with Gasteiger partial charge in [0.1, 0.15) is 5.25 Å². The lowest BCUT2D eigenvalue weighted by atomic mass is 9.91. The first-order valence-electron chi connectivity index (χ1n) is 5.88. The third-order valence-electron chi connectivity index (χ3n) is 3.20. The molecule has 1 rings (SSSR count). The van der Waals surface area contributed by atoms with E-state index in [0.717, 1.165) is 19.3 Å². The summed E-state index contributed by atoms with van der Waals surface area (Å²) in [5.41, 5.74) is 5.36. The summed E-state index contributed by atoms with van der Waals surface area (Å²) < 4.78 is 12.1. The molecule has 0 aliphatic heterocycles. The van der Waals surface area contributed by atoms with Crippen molar-refractivity contribution in [3.05, 3.63) is 0 Å². The Labute approximate surface area is 99.1 Å². The number of carboxylic acid groups (broad SMARTS) is 1. The Kier molecular flexibility index (Phi) is 5.41. The highest BCUT2D eigenvalue weighted by atomic mass is 32.2. The van der Waals surface area contributed by atoms with E-state index in [1.54, 1.807) is 0 Å².